The van der Waals surface area contributed by atoms with Crippen LogP contribution in [0.4, 0.5) is 5.69 Å². The Hall–Kier alpha value is -1.65. The highest BCUT2D eigenvalue weighted by molar-refractivity contribution is 7.09. The summed E-state index contributed by atoms with van der Waals surface area (Å²) in [6, 6.07) is 12.0. The van der Waals surface area contributed by atoms with Crippen molar-refractivity contribution >= 4 is 22.9 Å². The van der Waals surface area contributed by atoms with E-state index in [1.165, 1.54) is 9.78 Å². The van der Waals surface area contributed by atoms with Gasteiger partial charge in [0, 0.05) is 5.69 Å². The van der Waals surface area contributed by atoms with Gasteiger partial charge in [-0.1, -0.05) is 24.3 Å². The first kappa shape index (κ1) is 13.8. The van der Waals surface area contributed by atoms with Crippen LogP contribution in [0.3, 0.4) is 0 Å². The van der Waals surface area contributed by atoms with Crippen molar-refractivity contribution in [1.82, 2.24) is 0 Å². The Morgan fingerprint density at radius 3 is 2.74 bits per heavy atom. The lowest BCUT2D eigenvalue weighted by Gasteiger charge is -2.13. The normalized spacial score (nSPS) is 12.1. The summed E-state index contributed by atoms with van der Waals surface area (Å²) in [6.07, 6.45) is 0. The molecular weight excluding hydrogens is 256 g/mol. The Morgan fingerprint density at radius 1 is 1.26 bits per heavy atom. The van der Waals surface area contributed by atoms with Crippen LogP contribution >= 0.6 is 11.3 Å². The minimum atomic E-state index is 0.0587. The summed E-state index contributed by atoms with van der Waals surface area (Å²) in [5, 5.41) is 5.03. The number of rotatable bonds is 5. The van der Waals surface area contributed by atoms with Crippen molar-refractivity contribution in [3.8, 4) is 0 Å². The zero-order chi connectivity index (χ0) is 13.7. The van der Waals surface area contributed by atoms with Gasteiger partial charge >= 0.3 is 0 Å². The van der Waals surface area contributed by atoms with Crippen LogP contribution in [0.1, 0.15) is 10.4 Å². The fraction of sp³-hybridized carbons (Fsp3) is 0.267. The molecule has 0 aliphatic heterocycles. The molecule has 1 atom stereocenters. The SMILES string of the molecule is Cc1ccccc1NC(=O)C[NH+](C)Cc1cccs1. The Bertz CT molecular complexity index is 537. The van der Waals surface area contributed by atoms with Crippen molar-refractivity contribution in [1.29, 1.82) is 0 Å². The van der Waals surface area contributed by atoms with Crippen LogP contribution < -0.4 is 10.2 Å². The van der Waals surface area contributed by atoms with Crippen LogP contribution in [0.15, 0.2) is 41.8 Å². The predicted molar refractivity (Wildman–Crippen MR) is 79.6 cm³/mol. The Morgan fingerprint density at radius 2 is 2.05 bits per heavy atom. The lowest BCUT2D eigenvalue weighted by Crippen LogP contribution is -3.08. The van der Waals surface area contributed by atoms with Gasteiger partial charge in [-0.05, 0) is 30.0 Å². The fourth-order valence-corrected chi connectivity index (χ4v) is 2.77. The summed E-state index contributed by atoms with van der Waals surface area (Å²) in [5.74, 6) is 0.0587. The Labute approximate surface area is 117 Å². The number of carbonyl (C=O) groups is 1. The molecule has 4 heteroatoms. The zero-order valence-corrected chi connectivity index (χ0v) is 12.1. The van der Waals surface area contributed by atoms with E-state index in [4.69, 9.17) is 0 Å². The molecule has 3 nitrogen and oxygen atoms in total. The molecule has 1 amide bonds. The molecule has 2 aromatic rings. The van der Waals surface area contributed by atoms with E-state index in [-0.39, 0.29) is 5.91 Å². The average molecular weight is 275 g/mol. The first-order chi connectivity index (χ1) is 9.15. The van der Waals surface area contributed by atoms with Crippen LogP contribution in [-0.2, 0) is 11.3 Å². The van der Waals surface area contributed by atoms with E-state index in [1.807, 2.05) is 44.3 Å². The molecule has 2 N–H and O–H groups in total. The first-order valence-corrected chi connectivity index (χ1v) is 7.22. The van der Waals surface area contributed by atoms with Gasteiger partial charge < -0.3 is 10.2 Å². The molecule has 1 aromatic heterocycles. The van der Waals surface area contributed by atoms with Gasteiger partial charge in [0.1, 0.15) is 6.54 Å². The van der Waals surface area contributed by atoms with E-state index >= 15 is 0 Å². The highest BCUT2D eigenvalue weighted by atomic mass is 32.1. The number of para-hydroxylation sites is 1. The van der Waals surface area contributed by atoms with E-state index in [0.717, 1.165) is 17.8 Å². The quantitative estimate of drug-likeness (QED) is 0.856. The molecule has 0 saturated carbocycles. The van der Waals surface area contributed by atoms with Crippen molar-refractivity contribution in [2.24, 2.45) is 0 Å². The van der Waals surface area contributed by atoms with Crippen molar-refractivity contribution in [2.45, 2.75) is 13.5 Å². The molecule has 2 rings (SSSR count). The Balaban J connectivity index is 1.86. The largest absolute Gasteiger partial charge is 0.325 e. The van der Waals surface area contributed by atoms with Gasteiger partial charge in [0.15, 0.2) is 6.54 Å². The molecular formula is C15H19N2OS+. The second-order valence-electron chi connectivity index (χ2n) is 4.75. The highest BCUT2D eigenvalue weighted by Crippen LogP contribution is 2.12. The van der Waals surface area contributed by atoms with Crippen LogP contribution in [0.25, 0.3) is 0 Å². The smallest absolute Gasteiger partial charge is 0.279 e. The number of hydrogen-bond acceptors (Lipinski definition) is 2. The topological polar surface area (TPSA) is 33.5 Å². The molecule has 1 unspecified atom stereocenters. The van der Waals surface area contributed by atoms with Crippen LogP contribution in [0.5, 0.6) is 0 Å². The lowest BCUT2D eigenvalue weighted by molar-refractivity contribution is -0.884. The van der Waals surface area contributed by atoms with Gasteiger partial charge in [0.25, 0.3) is 5.91 Å². The zero-order valence-electron chi connectivity index (χ0n) is 11.3. The van der Waals surface area contributed by atoms with E-state index in [1.54, 1.807) is 11.3 Å². The lowest BCUT2D eigenvalue weighted by atomic mass is 10.2. The molecule has 0 spiro atoms. The van der Waals surface area contributed by atoms with Gasteiger partial charge in [-0.15, -0.1) is 11.3 Å². The van der Waals surface area contributed by atoms with E-state index in [0.29, 0.717) is 6.54 Å². The van der Waals surface area contributed by atoms with Gasteiger partial charge in [-0.2, -0.15) is 0 Å². The number of nitrogens with one attached hydrogen (secondary N) is 2. The van der Waals surface area contributed by atoms with Crippen LogP contribution in [-0.4, -0.2) is 19.5 Å². The number of thiophene rings is 1. The third kappa shape index (κ3) is 4.19. The van der Waals surface area contributed by atoms with Crippen molar-refractivity contribution in [3.05, 3.63) is 52.2 Å². The Kier molecular flexibility index (Phi) is 4.71. The number of aryl methyl sites for hydroxylation is 1. The summed E-state index contributed by atoms with van der Waals surface area (Å²) in [6.45, 7) is 3.36. The molecule has 19 heavy (non-hydrogen) atoms. The first-order valence-electron chi connectivity index (χ1n) is 6.34. The third-order valence-corrected chi connectivity index (χ3v) is 3.81. The standard InChI is InChI=1S/C15H18N2OS/c1-12-6-3-4-8-14(12)16-15(18)11-17(2)10-13-7-5-9-19-13/h3-9H,10-11H2,1-2H3,(H,16,18)/p+1. The van der Waals surface area contributed by atoms with E-state index in [2.05, 4.69) is 16.8 Å². The van der Waals surface area contributed by atoms with Crippen molar-refractivity contribution in [2.75, 3.05) is 18.9 Å². The van der Waals surface area contributed by atoms with Gasteiger partial charge in [0.05, 0.1) is 11.9 Å². The minimum absolute atomic E-state index is 0.0587. The average Bonchev–Trinajstić information content (AvgIpc) is 2.84. The molecule has 100 valence electrons. The molecule has 0 bridgehead atoms. The molecule has 0 saturated heterocycles. The summed E-state index contributed by atoms with van der Waals surface area (Å²) in [5.41, 5.74) is 1.99. The molecule has 1 heterocycles. The fourth-order valence-electron chi connectivity index (χ4n) is 1.95. The summed E-state index contributed by atoms with van der Waals surface area (Å²) in [7, 11) is 2.04. The molecule has 0 aliphatic rings. The molecule has 0 radical (unpaired) electrons. The van der Waals surface area contributed by atoms with Crippen LogP contribution in [0.2, 0.25) is 0 Å². The number of likely N-dealkylation sites (N-methyl/N-ethyl adjacent to an activating group) is 1. The van der Waals surface area contributed by atoms with Crippen molar-refractivity contribution < 1.29 is 9.69 Å². The summed E-state index contributed by atoms with van der Waals surface area (Å²) in [4.78, 5) is 14.5. The van der Waals surface area contributed by atoms with E-state index < -0.39 is 0 Å². The minimum Gasteiger partial charge on any atom is -0.325 e. The number of anilines is 1. The summed E-state index contributed by atoms with van der Waals surface area (Å²) >= 11 is 1.73. The second-order valence-corrected chi connectivity index (χ2v) is 5.79. The number of benzene rings is 1. The van der Waals surface area contributed by atoms with E-state index in [9.17, 15) is 4.79 Å². The third-order valence-electron chi connectivity index (χ3n) is 2.94. The number of carbonyl (C=O) groups excluding carboxylic acids is 1. The van der Waals surface area contributed by atoms with Crippen LogP contribution in [0, 0.1) is 6.92 Å². The number of quaternary nitrogens is 1. The highest BCUT2D eigenvalue weighted by Gasteiger charge is 2.11. The maximum atomic E-state index is 12.0. The van der Waals surface area contributed by atoms with Gasteiger partial charge in [-0.3, -0.25) is 4.79 Å². The monoisotopic (exact) mass is 275 g/mol. The number of hydrogen-bond donors (Lipinski definition) is 2. The predicted octanol–water partition coefficient (Wildman–Crippen LogP) is 1.71. The summed E-state index contributed by atoms with van der Waals surface area (Å²) < 4.78 is 0. The maximum absolute atomic E-state index is 12.0. The van der Waals surface area contributed by atoms with Crippen molar-refractivity contribution in [3.63, 3.8) is 0 Å². The van der Waals surface area contributed by atoms with Gasteiger partial charge in [-0.25, -0.2) is 0 Å². The second kappa shape index (κ2) is 6.50. The maximum Gasteiger partial charge on any atom is 0.279 e. The van der Waals surface area contributed by atoms with Gasteiger partial charge in [0.2, 0.25) is 0 Å². The molecule has 1 aromatic carbocycles. The molecule has 0 fully saturated rings. The number of amides is 1. The molecule has 0 aliphatic carbocycles.